The van der Waals surface area contributed by atoms with Crippen LogP contribution in [0.15, 0.2) is 42.6 Å². The van der Waals surface area contributed by atoms with Crippen molar-refractivity contribution in [2.75, 3.05) is 6.61 Å². The molecule has 0 aliphatic carbocycles. The van der Waals surface area contributed by atoms with Gasteiger partial charge in [0.25, 0.3) is 5.91 Å². The van der Waals surface area contributed by atoms with E-state index in [1.165, 1.54) is 23.7 Å². The first kappa shape index (κ1) is 15.7. The minimum Gasteiger partial charge on any atom is -0.492 e. The molecule has 0 radical (unpaired) electrons. The Kier molecular flexibility index (Phi) is 5.26. The third-order valence-electron chi connectivity index (χ3n) is 2.87. The predicted octanol–water partition coefficient (Wildman–Crippen LogP) is 2.36. The smallest absolute Gasteiger partial charge is 0.267 e. The van der Waals surface area contributed by atoms with Gasteiger partial charge >= 0.3 is 0 Å². The third kappa shape index (κ3) is 4.16. The van der Waals surface area contributed by atoms with E-state index in [9.17, 15) is 13.6 Å². The molecule has 0 unspecified atom stereocenters. The molecule has 1 heterocycles. The normalized spacial score (nSPS) is 10.9. The molecule has 2 N–H and O–H groups in total. The second-order valence-corrected chi connectivity index (χ2v) is 4.36. The lowest BCUT2D eigenvalue weighted by Gasteiger charge is -2.09. The Bertz CT molecular complexity index is 683. The highest BCUT2D eigenvalue weighted by Gasteiger charge is 2.04. The zero-order chi connectivity index (χ0) is 15.9. The SMILES string of the molecule is O=C(C=Cc1cccn1CCOc1ccc(F)c(F)c1)NO. The number of hydroxylamine groups is 1. The number of ether oxygens (including phenoxy) is 1. The molecule has 0 bridgehead atoms. The molecular formula is C15H14F2N2O3. The maximum Gasteiger partial charge on any atom is 0.267 e. The number of nitrogens with zero attached hydrogens (tertiary/aromatic N) is 1. The Morgan fingerprint density at radius 1 is 1.32 bits per heavy atom. The highest BCUT2D eigenvalue weighted by atomic mass is 19.2. The quantitative estimate of drug-likeness (QED) is 0.489. The van der Waals surface area contributed by atoms with Crippen LogP contribution in [0.2, 0.25) is 0 Å². The fourth-order valence-corrected chi connectivity index (χ4v) is 1.81. The summed E-state index contributed by atoms with van der Waals surface area (Å²) in [4.78, 5) is 10.9. The van der Waals surface area contributed by atoms with Gasteiger partial charge in [0.05, 0.1) is 6.54 Å². The molecule has 22 heavy (non-hydrogen) atoms. The summed E-state index contributed by atoms with van der Waals surface area (Å²) in [5, 5.41) is 8.41. The second kappa shape index (κ2) is 7.37. The first-order chi connectivity index (χ1) is 10.6. The van der Waals surface area contributed by atoms with Crippen molar-refractivity contribution in [1.29, 1.82) is 0 Å². The molecule has 1 amide bonds. The highest BCUT2D eigenvalue weighted by Crippen LogP contribution is 2.15. The van der Waals surface area contributed by atoms with Crippen LogP contribution < -0.4 is 10.2 Å². The average Bonchev–Trinajstić information content (AvgIpc) is 2.96. The maximum atomic E-state index is 13.0. The van der Waals surface area contributed by atoms with E-state index in [1.54, 1.807) is 22.9 Å². The molecule has 5 nitrogen and oxygen atoms in total. The van der Waals surface area contributed by atoms with Gasteiger partial charge in [-0.25, -0.2) is 14.3 Å². The van der Waals surface area contributed by atoms with Crippen molar-refractivity contribution >= 4 is 12.0 Å². The summed E-state index contributed by atoms with van der Waals surface area (Å²) in [6, 6.07) is 6.90. The van der Waals surface area contributed by atoms with Crippen molar-refractivity contribution in [1.82, 2.24) is 10.0 Å². The van der Waals surface area contributed by atoms with Gasteiger partial charge in [0.1, 0.15) is 12.4 Å². The zero-order valence-corrected chi connectivity index (χ0v) is 11.5. The van der Waals surface area contributed by atoms with E-state index in [-0.39, 0.29) is 12.4 Å². The molecule has 0 spiro atoms. The molecule has 0 atom stereocenters. The number of carbonyl (C=O) groups is 1. The molecule has 2 aromatic rings. The Labute approximate surface area is 125 Å². The van der Waals surface area contributed by atoms with Gasteiger partial charge in [-0.3, -0.25) is 10.0 Å². The molecule has 7 heteroatoms. The van der Waals surface area contributed by atoms with Crippen molar-refractivity contribution in [2.45, 2.75) is 6.54 Å². The summed E-state index contributed by atoms with van der Waals surface area (Å²) in [5.74, 6) is -2.28. The van der Waals surface area contributed by atoms with E-state index in [2.05, 4.69) is 0 Å². The lowest BCUT2D eigenvalue weighted by Crippen LogP contribution is -2.15. The van der Waals surface area contributed by atoms with Gasteiger partial charge < -0.3 is 9.30 Å². The monoisotopic (exact) mass is 308 g/mol. The van der Waals surface area contributed by atoms with Crippen LogP contribution in [0.3, 0.4) is 0 Å². The van der Waals surface area contributed by atoms with Crippen molar-refractivity contribution in [3.05, 3.63) is 59.9 Å². The Hall–Kier alpha value is -2.67. The predicted molar refractivity (Wildman–Crippen MR) is 75.2 cm³/mol. The number of hydrogen-bond acceptors (Lipinski definition) is 3. The van der Waals surface area contributed by atoms with Crippen LogP contribution in [0.4, 0.5) is 8.78 Å². The molecular weight excluding hydrogens is 294 g/mol. The van der Waals surface area contributed by atoms with Crippen molar-refractivity contribution in [3.63, 3.8) is 0 Å². The number of amides is 1. The average molecular weight is 308 g/mol. The fourth-order valence-electron chi connectivity index (χ4n) is 1.81. The number of aromatic nitrogens is 1. The van der Waals surface area contributed by atoms with Gasteiger partial charge in [0.2, 0.25) is 0 Å². The van der Waals surface area contributed by atoms with Crippen LogP contribution >= 0.6 is 0 Å². The molecule has 0 saturated heterocycles. The van der Waals surface area contributed by atoms with Gasteiger partial charge in [0, 0.05) is 24.0 Å². The topological polar surface area (TPSA) is 63.5 Å². The van der Waals surface area contributed by atoms with Crippen LogP contribution in [0.25, 0.3) is 6.08 Å². The Balaban J connectivity index is 1.92. The first-order valence-electron chi connectivity index (χ1n) is 6.45. The van der Waals surface area contributed by atoms with E-state index >= 15 is 0 Å². The third-order valence-corrected chi connectivity index (χ3v) is 2.87. The molecule has 0 aliphatic heterocycles. The highest BCUT2D eigenvalue weighted by molar-refractivity contribution is 5.90. The summed E-state index contributed by atoms with van der Waals surface area (Å²) >= 11 is 0. The lowest BCUT2D eigenvalue weighted by atomic mass is 10.3. The summed E-state index contributed by atoms with van der Waals surface area (Å²) in [7, 11) is 0. The fraction of sp³-hybridized carbons (Fsp3) is 0.133. The number of halogens is 2. The molecule has 0 saturated carbocycles. The van der Waals surface area contributed by atoms with Gasteiger partial charge in [-0.05, 0) is 30.3 Å². The van der Waals surface area contributed by atoms with Gasteiger partial charge in [-0.1, -0.05) is 0 Å². The largest absolute Gasteiger partial charge is 0.492 e. The van der Waals surface area contributed by atoms with E-state index in [0.717, 1.165) is 17.8 Å². The zero-order valence-electron chi connectivity index (χ0n) is 11.5. The van der Waals surface area contributed by atoms with Crippen LogP contribution in [-0.2, 0) is 11.3 Å². The van der Waals surface area contributed by atoms with E-state index in [0.29, 0.717) is 6.54 Å². The number of hydrogen-bond donors (Lipinski definition) is 2. The number of rotatable bonds is 6. The van der Waals surface area contributed by atoms with Crippen LogP contribution in [0.1, 0.15) is 5.69 Å². The lowest BCUT2D eigenvalue weighted by molar-refractivity contribution is -0.124. The molecule has 0 fully saturated rings. The van der Waals surface area contributed by atoms with Crippen LogP contribution in [0, 0.1) is 11.6 Å². The number of carbonyl (C=O) groups excluding carboxylic acids is 1. The summed E-state index contributed by atoms with van der Waals surface area (Å²) in [6.07, 6.45) is 4.50. The second-order valence-electron chi connectivity index (χ2n) is 4.36. The minimum atomic E-state index is -0.961. The summed E-state index contributed by atoms with van der Waals surface area (Å²) < 4.78 is 33.0. The first-order valence-corrected chi connectivity index (χ1v) is 6.45. The van der Waals surface area contributed by atoms with E-state index in [1.807, 2.05) is 0 Å². The molecule has 2 rings (SSSR count). The number of nitrogens with one attached hydrogen (secondary N) is 1. The van der Waals surface area contributed by atoms with Crippen LogP contribution in [-0.4, -0.2) is 22.3 Å². The minimum absolute atomic E-state index is 0.239. The van der Waals surface area contributed by atoms with Crippen LogP contribution in [0.5, 0.6) is 5.75 Å². The standard InChI is InChI=1S/C15H14F2N2O3/c16-13-5-4-12(10-14(13)17)22-9-8-19-7-1-2-11(19)3-6-15(20)18-21/h1-7,10,21H,8-9H2,(H,18,20). The maximum absolute atomic E-state index is 13.0. The summed E-state index contributed by atoms with van der Waals surface area (Å²) in [5.41, 5.74) is 2.23. The van der Waals surface area contributed by atoms with Gasteiger partial charge in [-0.2, -0.15) is 0 Å². The molecule has 116 valence electrons. The summed E-state index contributed by atoms with van der Waals surface area (Å²) in [6.45, 7) is 0.694. The van der Waals surface area contributed by atoms with Crippen molar-refractivity contribution < 1.29 is 23.5 Å². The molecule has 0 aliphatic rings. The molecule has 1 aromatic carbocycles. The van der Waals surface area contributed by atoms with Gasteiger partial charge in [-0.15, -0.1) is 0 Å². The van der Waals surface area contributed by atoms with E-state index < -0.39 is 17.5 Å². The molecule has 1 aromatic heterocycles. The van der Waals surface area contributed by atoms with Crippen molar-refractivity contribution in [3.8, 4) is 5.75 Å². The van der Waals surface area contributed by atoms with Gasteiger partial charge in [0.15, 0.2) is 11.6 Å². The van der Waals surface area contributed by atoms with E-state index in [4.69, 9.17) is 9.94 Å². The Morgan fingerprint density at radius 2 is 2.14 bits per heavy atom. The Morgan fingerprint density at radius 3 is 2.86 bits per heavy atom. The van der Waals surface area contributed by atoms with Crippen molar-refractivity contribution in [2.24, 2.45) is 0 Å². The number of benzene rings is 1.